The lowest BCUT2D eigenvalue weighted by atomic mass is 9.99. The molecule has 0 spiro atoms. The Morgan fingerprint density at radius 3 is 2.94 bits per heavy atom. The van der Waals surface area contributed by atoms with Gasteiger partial charge >= 0.3 is 5.97 Å². The summed E-state index contributed by atoms with van der Waals surface area (Å²) in [4.78, 5) is 10.6. The normalized spacial score (nSPS) is 12.8. The van der Waals surface area contributed by atoms with Gasteiger partial charge < -0.3 is 15.4 Å². The Morgan fingerprint density at radius 2 is 2.28 bits per heavy atom. The molecular weight excluding hydrogens is 252 g/mol. The fourth-order valence-electron chi connectivity index (χ4n) is 2.16. The summed E-state index contributed by atoms with van der Waals surface area (Å²) in [6.45, 7) is 0. The van der Waals surface area contributed by atoms with Gasteiger partial charge in [0.05, 0.1) is 5.02 Å². The molecule has 96 valence electrons. The Hall–Kier alpha value is -1.52. The van der Waals surface area contributed by atoms with E-state index in [0.29, 0.717) is 11.4 Å². The first-order valence-electron chi connectivity index (χ1n) is 5.71. The van der Waals surface area contributed by atoms with Crippen molar-refractivity contribution in [2.45, 2.75) is 18.9 Å². The number of rotatable bonds is 4. The number of aliphatic carboxylic acids is 1. The van der Waals surface area contributed by atoms with Crippen LogP contribution in [0.3, 0.4) is 0 Å². The van der Waals surface area contributed by atoms with Crippen LogP contribution in [0.1, 0.15) is 24.4 Å². The van der Waals surface area contributed by atoms with E-state index in [2.05, 4.69) is 0 Å². The lowest BCUT2D eigenvalue weighted by Gasteiger charge is -2.12. The van der Waals surface area contributed by atoms with Gasteiger partial charge in [-0.2, -0.15) is 0 Å². The zero-order chi connectivity index (χ0) is 13.3. The van der Waals surface area contributed by atoms with Crippen LogP contribution >= 0.6 is 11.6 Å². The van der Waals surface area contributed by atoms with E-state index in [1.807, 2.05) is 36.0 Å². The highest BCUT2D eigenvalue weighted by Gasteiger charge is 2.15. The summed E-state index contributed by atoms with van der Waals surface area (Å²) in [6, 6.07) is 5.47. The molecule has 1 atom stereocenters. The SMILES string of the molecule is Cn1cc(Cl)c2c(C(N)CCC(=O)O)cccc21. The van der Waals surface area contributed by atoms with Crippen LogP contribution in [0.4, 0.5) is 0 Å². The molecule has 5 heteroatoms. The molecular formula is C13H15ClN2O2. The number of nitrogens with two attached hydrogens (primary N) is 1. The maximum absolute atomic E-state index is 10.6. The summed E-state index contributed by atoms with van der Waals surface area (Å²) in [5, 5.41) is 10.3. The number of carboxylic acids is 1. The van der Waals surface area contributed by atoms with Gasteiger partial charge in [0.25, 0.3) is 0 Å². The van der Waals surface area contributed by atoms with E-state index in [-0.39, 0.29) is 12.5 Å². The summed E-state index contributed by atoms with van der Waals surface area (Å²) < 4.78 is 1.94. The van der Waals surface area contributed by atoms with E-state index in [9.17, 15) is 4.79 Å². The van der Waals surface area contributed by atoms with Crippen molar-refractivity contribution in [1.29, 1.82) is 0 Å². The van der Waals surface area contributed by atoms with Crippen LogP contribution in [0, 0.1) is 0 Å². The fourth-order valence-corrected chi connectivity index (χ4v) is 2.51. The molecule has 0 saturated heterocycles. The number of halogens is 1. The second-order valence-corrected chi connectivity index (χ2v) is 4.78. The molecule has 0 aliphatic carbocycles. The summed E-state index contributed by atoms with van der Waals surface area (Å²) in [5.41, 5.74) is 7.96. The number of aromatic nitrogens is 1. The van der Waals surface area contributed by atoms with Crippen molar-refractivity contribution in [3.8, 4) is 0 Å². The third-order valence-electron chi connectivity index (χ3n) is 3.07. The van der Waals surface area contributed by atoms with Crippen LogP contribution in [-0.2, 0) is 11.8 Å². The predicted octanol–water partition coefficient (Wildman–Crippen LogP) is 2.70. The van der Waals surface area contributed by atoms with Crippen LogP contribution in [-0.4, -0.2) is 15.6 Å². The van der Waals surface area contributed by atoms with Gasteiger partial charge in [0.15, 0.2) is 0 Å². The smallest absolute Gasteiger partial charge is 0.303 e. The molecule has 1 aromatic carbocycles. The largest absolute Gasteiger partial charge is 0.481 e. The molecule has 0 saturated carbocycles. The van der Waals surface area contributed by atoms with Gasteiger partial charge in [0.1, 0.15) is 0 Å². The summed E-state index contributed by atoms with van der Waals surface area (Å²) in [5.74, 6) is -0.836. The Morgan fingerprint density at radius 1 is 1.56 bits per heavy atom. The minimum absolute atomic E-state index is 0.0575. The second kappa shape index (κ2) is 5.00. The third-order valence-corrected chi connectivity index (χ3v) is 3.36. The zero-order valence-corrected chi connectivity index (χ0v) is 10.8. The molecule has 4 nitrogen and oxygen atoms in total. The Labute approximate surface area is 110 Å². The van der Waals surface area contributed by atoms with E-state index in [1.165, 1.54) is 0 Å². The highest BCUT2D eigenvalue weighted by atomic mass is 35.5. The first-order chi connectivity index (χ1) is 8.50. The molecule has 1 aromatic heterocycles. The number of carboxylic acid groups (broad SMARTS) is 1. The quantitative estimate of drug-likeness (QED) is 0.894. The first kappa shape index (κ1) is 12.9. The number of benzene rings is 1. The van der Waals surface area contributed by atoms with E-state index >= 15 is 0 Å². The maximum atomic E-state index is 10.6. The number of fused-ring (bicyclic) bond motifs is 1. The minimum atomic E-state index is -0.836. The summed E-state index contributed by atoms with van der Waals surface area (Å²) in [7, 11) is 1.92. The van der Waals surface area contributed by atoms with Gasteiger partial charge in [0.2, 0.25) is 0 Å². The van der Waals surface area contributed by atoms with Crippen molar-refractivity contribution < 1.29 is 9.90 Å². The van der Waals surface area contributed by atoms with Gasteiger partial charge in [-0.1, -0.05) is 23.7 Å². The van der Waals surface area contributed by atoms with Crippen LogP contribution < -0.4 is 5.73 Å². The molecule has 18 heavy (non-hydrogen) atoms. The summed E-state index contributed by atoms with van der Waals surface area (Å²) in [6.07, 6.45) is 2.29. The number of carbonyl (C=O) groups is 1. The van der Waals surface area contributed by atoms with Crippen LogP contribution in [0.15, 0.2) is 24.4 Å². The maximum Gasteiger partial charge on any atom is 0.303 e. The number of hydrogen-bond acceptors (Lipinski definition) is 2. The third kappa shape index (κ3) is 2.35. The monoisotopic (exact) mass is 266 g/mol. The molecule has 0 aliphatic rings. The van der Waals surface area contributed by atoms with Crippen molar-refractivity contribution in [3.63, 3.8) is 0 Å². The van der Waals surface area contributed by atoms with E-state index in [1.54, 1.807) is 0 Å². The Balaban J connectivity index is 2.41. The van der Waals surface area contributed by atoms with E-state index in [4.69, 9.17) is 22.4 Å². The van der Waals surface area contributed by atoms with Gasteiger partial charge in [-0.3, -0.25) is 4.79 Å². The van der Waals surface area contributed by atoms with Gasteiger partial charge in [-0.05, 0) is 18.1 Å². The lowest BCUT2D eigenvalue weighted by Crippen LogP contribution is -2.12. The molecule has 1 heterocycles. The molecule has 0 bridgehead atoms. The highest BCUT2D eigenvalue weighted by Crippen LogP contribution is 2.32. The van der Waals surface area contributed by atoms with Crippen LogP contribution in [0.2, 0.25) is 5.02 Å². The standard InChI is InChI=1S/C13H15ClN2O2/c1-16-7-9(14)13-8(3-2-4-11(13)16)10(15)5-6-12(17)18/h2-4,7,10H,5-6,15H2,1H3,(H,17,18). The van der Waals surface area contributed by atoms with Crippen molar-refractivity contribution in [1.82, 2.24) is 4.57 Å². The van der Waals surface area contributed by atoms with Crippen LogP contribution in [0.25, 0.3) is 10.9 Å². The van der Waals surface area contributed by atoms with Crippen molar-refractivity contribution in [2.24, 2.45) is 12.8 Å². The second-order valence-electron chi connectivity index (χ2n) is 4.37. The highest BCUT2D eigenvalue weighted by molar-refractivity contribution is 6.36. The van der Waals surface area contributed by atoms with E-state index < -0.39 is 5.97 Å². The number of hydrogen-bond donors (Lipinski definition) is 2. The Kier molecular flexibility index (Phi) is 3.59. The van der Waals surface area contributed by atoms with Crippen LogP contribution in [0.5, 0.6) is 0 Å². The molecule has 2 aromatic rings. The first-order valence-corrected chi connectivity index (χ1v) is 6.09. The average Bonchev–Trinajstić information content (AvgIpc) is 2.62. The fraction of sp³-hybridized carbons (Fsp3) is 0.308. The molecule has 0 radical (unpaired) electrons. The number of nitrogens with zero attached hydrogens (tertiary/aromatic N) is 1. The molecule has 1 unspecified atom stereocenters. The summed E-state index contributed by atoms with van der Waals surface area (Å²) >= 11 is 6.20. The average molecular weight is 267 g/mol. The molecule has 2 rings (SSSR count). The van der Waals surface area contributed by atoms with Gasteiger partial charge in [0, 0.05) is 36.6 Å². The number of aryl methyl sites for hydroxylation is 1. The van der Waals surface area contributed by atoms with Crippen molar-refractivity contribution in [3.05, 3.63) is 35.0 Å². The lowest BCUT2D eigenvalue weighted by molar-refractivity contribution is -0.137. The van der Waals surface area contributed by atoms with Crippen molar-refractivity contribution >= 4 is 28.5 Å². The van der Waals surface area contributed by atoms with Gasteiger partial charge in [-0.15, -0.1) is 0 Å². The van der Waals surface area contributed by atoms with Gasteiger partial charge in [-0.25, -0.2) is 0 Å². The molecule has 0 aliphatic heterocycles. The predicted molar refractivity (Wildman–Crippen MR) is 71.7 cm³/mol. The van der Waals surface area contributed by atoms with Crippen molar-refractivity contribution in [2.75, 3.05) is 0 Å². The Bertz CT molecular complexity index is 592. The topological polar surface area (TPSA) is 68.2 Å². The van der Waals surface area contributed by atoms with E-state index in [0.717, 1.165) is 16.5 Å². The zero-order valence-electron chi connectivity index (χ0n) is 10.1. The minimum Gasteiger partial charge on any atom is -0.481 e. The molecule has 0 fully saturated rings. The molecule has 3 N–H and O–H groups in total. The molecule has 0 amide bonds.